The third-order valence-electron chi connectivity index (χ3n) is 4.93. The van der Waals surface area contributed by atoms with E-state index in [0.29, 0.717) is 28.2 Å². The Morgan fingerprint density at radius 2 is 1.71 bits per heavy atom. The average molecular weight is 468 g/mol. The molecule has 0 bridgehead atoms. The standard InChI is InChI=1S/C23H19F3N6O2/c1-12(33)29-17-5-3-4-14(8-17)20-22(30-13(2)34)31-19-7-6-15(11-32(19)20)16-9-18(23(24,25)26)21(27)28-10-16/h3-11H,1-2H3,(H2,27,28)(H,29,33)(H,30,34). The molecule has 3 aromatic heterocycles. The van der Waals surface area contributed by atoms with Gasteiger partial charge in [-0.3, -0.25) is 14.0 Å². The summed E-state index contributed by atoms with van der Waals surface area (Å²) in [5, 5.41) is 5.38. The number of fused-ring (bicyclic) bond motifs is 1. The van der Waals surface area contributed by atoms with Gasteiger partial charge in [-0.05, 0) is 30.3 Å². The first kappa shape index (κ1) is 22.8. The second-order valence-electron chi connectivity index (χ2n) is 7.55. The van der Waals surface area contributed by atoms with Gasteiger partial charge in [0.25, 0.3) is 0 Å². The van der Waals surface area contributed by atoms with Gasteiger partial charge in [-0.15, -0.1) is 0 Å². The number of rotatable bonds is 4. The van der Waals surface area contributed by atoms with Gasteiger partial charge >= 0.3 is 6.18 Å². The minimum absolute atomic E-state index is 0.205. The summed E-state index contributed by atoms with van der Waals surface area (Å²) in [6, 6.07) is 11.0. The maximum absolute atomic E-state index is 13.3. The van der Waals surface area contributed by atoms with Crippen molar-refractivity contribution in [1.82, 2.24) is 14.4 Å². The first-order chi connectivity index (χ1) is 16.0. The number of benzene rings is 1. The van der Waals surface area contributed by atoms with E-state index in [2.05, 4.69) is 20.6 Å². The Morgan fingerprint density at radius 3 is 2.38 bits per heavy atom. The summed E-state index contributed by atoms with van der Waals surface area (Å²) < 4.78 is 41.6. The fourth-order valence-corrected chi connectivity index (χ4v) is 3.55. The van der Waals surface area contributed by atoms with E-state index in [-0.39, 0.29) is 23.2 Å². The van der Waals surface area contributed by atoms with Crippen LogP contribution >= 0.6 is 0 Å². The van der Waals surface area contributed by atoms with Gasteiger partial charge < -0.3 is 16.4 Å². The number of pyridine rings is 2. The van der Waals surface area contributed by atoms with E-state index in [0.717, 1.165) is 6.07 Å². The lowest BCUT2D eigenvalue weighted by Gasteiger charge is -2.12. The van der Waals surface area contributed by atoms with Crippen molar-refractivity contribution in [3.05, 3.63) is 60.4 Å². The monoisotopic (exact) mass is 468 g/mol. The summed E-state index contributed by atoms with van der Waals surface area (Å²) >= 11 is 0. The number of nitrogens with one attached hydrogen (secondary N) is 2. The molecular weight excluding hydrogens is 449 g/mol. The molecular formula is C23H19F3N6O2. The molecule has 2 amide bonds. The van der Waals surface area contributed by atoms with Crippen molar-refractivity contribution in [2.24, 2.45) is 0 Å². The van der Waals surface area contributed by atoms with Crippen LogP contribution in [0.15, 0.2) is 54.9 Å². The fraction of sp³-hybridized carbons (Fsp3) is 0.130. The SMILES string of the molecule is CC(=O)Nc1cccc(-c2c(NC(C)=O)nc3ccc(-c4cnc(N)c(C(F)(F)F)c4)cn23)c1. The van der Waals surface area contributed by atoms with Crippen LogP contribution in [0.1, 0.15) is 19.4 Å². The van der Waals surface area contributed by atoms with Crippen LogP contribution in [0.5, 0.6) is 0 Å². The maximum atomic E-state index is 13.3. The number of nitrogens with zero attached hydrogens (tertiary/aromatic N) is 3. The largest absolute Gasteiger partial charge is 0.419 e. The summed E-state index contributed by atoms with van der Waals surface area (Å²) in [4.78, 5) is 31.4. The molecule has 174 valence electrons. The van der Waals surface area contributed by atoms with E-state index in [9.17, 15) is 22.8 Å². The molecule has 4 N–H and O–H groups in total. The van der Waals surface area contributed by atoms with Gasteiger partial charge in [0.05, 0.1) is 11.3 Å². The Labute approximate surface area is 191 Å². The number of carbonyl (C=O) groups excluding carboxylic acids is 2. The molecule has 4 aromatic rings. The Kier molecular flexibility index (Phi) is 5.70. The topological polar surface area (TPSA) is 114 Å². The predicted molar refractivity (Wildman–Crippen MR) is 122 cm³/mol. The van der Waals surface area contributed by atoms with E-state index >= 15 is 0 Å². The van der Waals surface area contributed by atoms with Crippen LogP contribution in [-0.2, 0) is 15.8 Å². The van der Waals surface area contributed by atoms with Crippen LogP contribution in [0.4, 0.5) is 30.5 Å². The zero-order valence-electron chi connectivity index (χ0n) is 18.1. The molecule has 0 spiro atoms. The average Bonchev–Trinajstić information content (AvgIpc) is 3.09. The van der Waals surface area contributed by atoms with Crippen LogP contribution in [0.25, 0.3) is 28.0 Å². The Hall–Kier alpha value is -4.41. The number of amides is 2. The summed E-state index contributed by atoms with van der Waals surface area (Å²) in [6.45, 7) is 2.72. The highest BCUT2D eigenvalue weighted by molar-refractivity contribution is 5.94. The molecule has 8 nitrogen and oxygen atoms in total. The third kappa shape index (κ3) is 4.53. The zero-order valence-corrected chi connectivity index (χ0v) is 18.1. The zero-order chi connectivity index (χ0) is 24.6. The van der Waals surface area contributed by atoms with E-state index in [4.69, 9.17) is 5.73 Å². The smallest absolute Gasteiger partial charge is 0.383 e. The lowest BCUT2D eigenvalue weighted by Crippen LogP contribution is -2.10. The van der Waals surface area contributed by atoms with Crippen molar-refractivity contribution in [2.45, 2.75) is 20.0 Å². The van der Waals surface area contributed by atoms with E-state index in [1.165, 1.54) is 20.0 Å². The lowest BCUT2D eigenvalue weighted by molar-refractivity contribution is -0.137. The minimum Gasteiger partial charge on any atom is -0.383 e. The highest BCUT2D eigenvalue weighted by Gasteiger charge is 2.34. The van der Waals surface area contributed by atoms with Crippen molar-refractivity contribution in [2.75, 3.05) is 16.4 Å². The van der Waals surface area contributed by atoms with E-state index < -0.39 is 17.6 Å². The van der Waals surface area contributed by atoms with Crippen molar-refractivity contribution >= 4 is 34.8 Å². The number of halogens is 3. The van der Waals surface area contributed by atoms with Gasteiger partial charge in [-0.25, -0.2) is 9.97 Å². The van der Waals surface area contributed by atoms with Gasteiger partial charge in [0.1, 0.15) is 11.5 Å². The van der Waals surface area contributed by atoms with E-state index in [1.807, 2.05) is 0 Å². The fourth-order valence-electron chi connectivity index (χ4n) is 3.55. The van der Waals surface area contributed by atoms with Crippen molar-refractivity contribution in [3.63, 3.8) is 0 Å². The van der Waals surface area contributed by atoms with Gasteiger partial charge in [0.15, 0.2) is 5.82 Å². The Bertz CT molecular complexity index is 1430. The summed E-state index contributed by atoms with van der Waals surface area (Å²) in [7, 11) is 0. The van der Waals surface area contributed by atoms with E-state index in [1.54, 1.807) is 47.0 Å². The van der Waals surface area contributed by atoms with Gasteiger partial charge in [0.2, 0.25) is 11.8 Å². The number of nitrogens with two attached hydrogens (primary N) is 1. The number of aromatic nitrogens is 3. The van der Waals surface area contributed by atoms with Crippen LogP contribution < -0.4 is 16.4 Å². The highest BCUT2D eigenvalue weighted by Crippen LogP contribution is 2.36. The summed E-state index contributed by atoms with van der Waals surface area (Å²) in [5.74, 6) is -0.948. The Balaban J connectivity index is 1.91. The molecule has 0 aliphatic heterocycles. The minimum atomic E-state index is -4.65. The number of alkyl halides is 3. The second-order valence-corrected chi connectivity index (χ2v) is 7.55. The Morgan fingerprint density at radius 1 is 0.971 bits per heavy atom. The first-order valence-electron chi connectivity index (χ1n) is 10.0. The maximum Gasteiger partial charge on any atom is 0.419 e. The number of imidazole rings is 1. The lowest BCUT2D eigenvalue weighted by atomic mass is 10.1. The van der Waals surface area contributed by atoms with Crippen LogP contribution in [0.3, 0.4) is 0 Å². The second kappa shape index (κ2) is 8.50. The number of anilines is 3. The van der Waals surface area contributed by atoms with Crippen LogP contribution in [0, 0.1) is 0 Å². The van der Waals surface area contributed by atoms with Crippen molar-refractivity contribution in [3.8, 4) is 22.4 Å². The molecule has 4 rings (SSSR count). The molecule has 0 atom stereocenters. The molecule has 34 heavy (non-hydrogen) atoms. The molecule has 0 aliphatic rings. The molecule has 0 radical (unpaired) electrons. The molecule has 0 unspecified atom stereocenters. The number of carbonyl (C=O) groups is 2. The normalized spacial score (nSPS) is 11.4. The van der Waals surface area contributed by atoms with Gasteiger partial charge in [0, 0.05) is 48.6 Å². The molecule has 1 aromatic carbocycles. The quantitative estimate of drug-likeness (QED) is 0.406. The molecule has 3 heterocycles. The highest BCUT2D eigenvalue weighted by atomic mass is 19.4. The molecule has 0 fully saturated rings. The van der Waals surface area contributed by atoms with Crippen molar-refractivity contribution in [1.29, 1.82) is 0 Å². The van der Waals surface area contributed by atoms with Crippen molar-refractivity contribution < 1.29 is 22.8 Å². The number of nitrogen functional groups attached to an aromatic ring is 1. The predicted octanol–water partition coefficient (Wildman–Crippen LogP) is 4.58. The van der Waals surface area contributed by atoms with Gasteiger partial charge in [-0.1, -0.05) is 12.1 Å². The number of hydrogen-bond donors (Lipinski definition) is 3. The molecule has 11 heteroatoms. The first-order valence-corrected chi connectivity index (χ1v) is 10.0. The van der Waals surface area contributed by atoms with Crippen LogP contribution in [0.2, 0.25) is 0 Å². The molecule has 0 aliphatic carbocycles. The summed E-state index contributed by atoms with van der Waals surface area (Å²) in [5.41, 5.74) is 7.11. The number of hydrogen-bond acceptors (Lipinski definition) is 5. The summed E-state index contributed by atoms with van der Waals surface area (Å²) in [6.07, 6.45) is -1.80. The van der Waals surface area contributed by atoms with Crippen LogP contribution in [-0.4, -0.2) is 26.2 Å². The molecule has 0 saturated carbocycles. The molecule has 0 saturated heterocycles. The third-order valence-corrected chi connectivity index (χ3v) is 4.93. The van der Waals surface area contributed by atoms with Gasteiger partial charge in [-0.2, -0.15) is 13.2 Å².